The number of aromatic nitrogens is 3. The summed E-state index contributed by atoms with van der Waals surface area (Å²) >= 11 is 0. The first kappa shape index (κ1) is 19.2. The van der Waals surface area contributed by atoms with Gasteiger partial charge in [-0.2, -0.15) is 0 Å². The van der Waals surface area contributed by atoms with E-state index in [1.54, 1.807) is 25.4 Å². The van der Waals surface area contributed by atoms with Gasteiger partial charge in [-0.1, -0.05) is 25.8 Å². The van der Waals surface area contributed by atoms with Crippen LogP contribution in [-0.4, -0.2) is 61.2 Å². The number of hydrogen-bond donors (Lipinski definition) is 0. The second-order valence-corrected chi connectivity index (χ2v) is 9.10. The molecule has 1 aliphatic carbocycles. The number of fused-ring (bicyclic) bond motifs is 1. The van der Waals surface area contributed by atoms with E-state index in [9.17, 15) is 9.59 Å². The molecule has 5 rings (SSSR count). The van der Waals surface area contributed by atoms with Crippen LogP contribution >= 0.6 is 0 Å². The average molecular weight is 406 g/mol. The van der Waals surface area contributed by atoms with Crippen LogP contribution in [0.2, 0.25) is 0 Å². The highest BCUT2D eigenvalue weighted by Gasteiger charge is 2.60. The van der Waals surface area contributed by atoms with Crippen molar-refractivity contribution in [1.82, 2.24) is 24.8 Å². The van der Waals surface area contributed by atoms with Crippen molar-refractivity contribution in [2.24, 2.45) is 5.41 Å². The lowest BCUT2D eigenvalue weighted by Gasteiger charge is -2.46. The van der Waals surface area contributed by atoms with Gasteiger partial charge in [-0.3, -0.25) is 9.59 Å². The highest BCUT2D eigenvalue weighted by Crippen LogP contribution is 2.53. The third kappa shape index (κ3) is 2.90. The van der Waals surface area contributed by atoms with Crippen LogP contribution in [0.5, 0.6) is 0 Å². The molecule has 2 aromatic rings. The molecule has 2 amide bonds. The number of rotatable bonds is 2. The zero-order valence-corrected chi connectivity index (χ0v) is 17.5. The Balaban J connectivity index is 1.50. The Bertz CT molecular complexity index is 981. The molecule has 156 valence electrons. The van der Waals surface area contributed by atoms with Crippen LogP contribution in [0.25, 0.3) is 11.3 Å². The summed E-state index contributed by atoms with van der Waals surface area (Å²) in [5, 5.41) is 0. The largest absolute Gasteiger partial charge is 0.335 e. The van der Waals surface area contributed by atoms with E-state index in [-0.39, 0.29) is 35.4 Å². The zero-order valence-electron chi connectivity index (χ0n) is 17.5. The Kier molecular flexibility index (Phi) is 4.56. The van der Waals surface area contributed by atoms with E-state index in [0.717, 1.165) is 37.7 Å². The van der Waals surface area contributed by atoms with Crippen molar-refractivity contribution >= 4 is 11.8 Å². The maximum Gasteiger partial charge on any atom is 0.272 e. The maximum atomic E-state index is 13.7. The molecular formula is C23H27N5O2. The minimum absolute atomic E-state index is 0.0410. The van der Waals surface area contributed by atoms with E-state index >= 15 is 0 Å². The number of piperidine rings is 1. The summed E-state index contributed by atoms with van der Waals surface area (Å²) in [6.45, 7) is 4.55. The number of carbonyl (C=O) groups excluding carboxylic acids is 2. The van der Waals surface area contributed by atoms with Gasteiger partial charge in [0.2, 0.25) is 5.91 Å². The third-order valence-corrected chi connectivity index (χ3v) is 7.36. The Labute approximate surface area is 176 Å². The Morgan fingerprint density at radius 1 is 1.10 bits per heavy atom. The van der Waals surface area contributed by atoms with E-state index in [2.05, 4.69) is 26.8 Å². The first-order chi connectivity index (χ1) is 14.5. The second-order valence-electron chi connectivity index (χ2n) is 9.10. The number of likely N-dealkylation sites (tertiary alicyclic amines) is 2. The van der Waals surface area contributed by atoms with Gasteiger partial charge in [0.1, 0.15) is 12.0 Å². The lowest BCUT2D eigenvalue weighted by Crippen LogP contribution is -2.55. The summed E-state index contributed by atoms with van der Waals surface area (Å²) in [7, 11) is 0. The van der Waals surface area contributed by atoms with Gasteiger partial charge in [0, 0.05) is 48.9 Å². The van der Waals surface area contributed by atoms with Crippen LogP contribution in [0.1, 0.15) is 56.4 Å². The van der Waals surface area contributed by atoms with Gasteiger partial charge in [0.15, 0.2) is 0 Å². The molecule has 1 saturated carbocycles. The van der Waals surface area contributed by atoms with Crippen molar-refractivity contribution in [3.63, 3.8) is 0 Å². The van der Waals surface area contributed by atoms with Gasteiger partial charge in [-0.05, 0) is 31.4 Å². The molecule has 3 fully saturated rings. The lowest BCUT2D eigenvalue weighted by molar-refractivity contribution is -0.132. The SMILES string of the molecule is CC(=O)N1[C@@H]2CN(C(=O)c3cccc(-c4cncnc4)n3)[C@@H]3CCCC[C@H]1[C@]3(C)C2. The molecular weight excluding hydrogens is 378 g/mol. The van der Waals surface area contributed by atoms with Crippen molar-refractivity contribution < 1.29 is 9.59 Å². The van der Waals surface area contributed by atoms with Crippen LogP contribution in [-0.2, 0) is 4.79 Å². The minimum atomic E-state index is -0.0500. The minimum Gasteiger partial charge on any atom is -0.335 e. The Morgan fingerprint density at radius 2 is 1.83 bits per heavy atom. The van der Waals surface area contributed by atoms with Crippen LogP contribution in [0.3, 0.4) is 0 Å². The topological polar surface area (TPSA) is 79.3 Å². The molecule has 4 atom stereocenters. The molecule has 0 radical (unpaired) electrons. The lowest BCUT2D eigenvalue weighted by atomic mass is 9.71. The molecule has 7 heteroatoms. The first-order valence-electron chi connectivity index (χ1n) is 10.8. The fourth-order valence-corrected chi connectivity index (χ4v) is 6.16. The monoisotopic (exact) mass is 405 g/mol. The molecule has 3 aliphatic rings. The standard InChI is InChI=1S/C23H27N5O2/c1-15(29)28-17-10-23(2)20(8-3-4-9-21(23)28)27(13-17)22(30)19-7-5-6-18(26-19)16-11-24-14-25-12-16/h5-7,11-12,14,17,20-21H,3-4,8-10,13H2,1-2H3/t17-,20+,21-,23+/m0/s1. The summed E-state index contributed by atoms with van der Waals surface area (Å²) in [6, 6.07) is 5.98. The molecule has 2 saturated heterocycles. The second kappa shape index (κ2) is 7.15. The normalized spacial score (nSPS) is 30.1. The van der Waals surface area contributed by atoms with E-state index in [0.29, 0.717) is 17.9 Å². The Morgan fingerprint density at radius 3 is 2.57 bits per heavy atom. The molecule has 7 nitrogen and oxygen atoms in total. The van der Waals surface area contributed by atoms with E-state index < -0.39 is 0 Å². The number of nitrogens with zero attached hydrogens (tertiary/aromatic N) is 5. The third-order valence-electron chi connectivity index (χ3n) is 7.36. The molecule has 2 bridgehead atoms. The molecule has 2 aromatic heterocycles. The summed E-state index contributed by atoms with van der Waals surface area (Å²) < 4.78 is 0. The summed E-state index contributed by atoms with van der Waals surface area (Å²) in [6.07, 6.45) is 10.1. The predicted molar refractivity (Wildman–Crippen MR) is 111 cm³/mol. The summed E-state index contributed by atoms with van der Waals surface area (Å²) in [5.74, 6) is 0.0913. The number of amides is 2. The molecule has 30 heavy (non-hydrogen) atoms. The van der Waals surface area contributed by atoms with Gasteiger partial charge < -0.3 is 9.80 Å². The molecule has 0 unspecified atom stereocenters. The molecule has 0 N–H and O–H groups in total. The van der Waals surface area contributed by atoms with E-state index in [1.165, 1.54) is 6.33 Å². The average Bonchev–Trinajstić information content (AvgIpc) is 2.87. The number of pyridine rings is 1. The quantitative estimate of drug-likeness (QED) is 0.768. The van der Waals surface area contributed by atoms with Crippen molar-refractivity contribution in [2.75, 3.05) is 6.54 Å². The predicted octanol–water partition coefficient (Wildman–Crippen LogP) is 2.93. The van der Waals surface area contributed by atoms with Crippen molar-refractivity contribution in [1.29, 1.82) is 0 Å². The molecule has 2 aliphatic heterocycles. The van der Waals surface area contributed by atoms with Crippen LogP contribution in [0.15, 0.2) is 36.9 Å². The smallest absolute Gasteiger partial charge is 0.272 e. The van der Waals surface area contributed by atoms with Gasteiger partial charge in [0.05, 0.1) is 11.7 Å². The molecule has 0 aromatic carbocycles. The van der Waals surface area contributed by atoms with Crippen molar-refractivity contribution in [2.45, 2.75) is 64.1 Å². The van der Waals surface area contributed by atoms with Gasteiger partial charge in [-0.15, -0.1) is 0 Å². The van der Waals surface area contributed by atoms with Gasteiger partial charge in [0.25, 0.3) is 5.91 Å². The van der Waals surface area contributed by atoms with Crippen molar-refractivity contribution in [3.05, 3.63) is 42.6 Å². The van der Waals surface area contributed by atoms with E-state index in [4.69, 9.17) is 0 Å². The number of carbonyl (C=O) groups is 2. The van der Waals surface area contributed by atoms with Gasteiger partial charge in [-0.25, -0.2) is 15.0 Å². The fourth-order valence-electron chi connectivity index (χ4n) is 6.16. The fraction of sp³-hybridized carbons (Fsp3) is 0.522. The summed E-state index contributed by atoms with van der Waals surface area (Å²) in [4.78, 5) is 43.0. The van der Waals surface area contributed by atoms with Crippen LogP contribution in [0.4, 0.5) is 0 Å². The zero-order chi connectivity index (χ0) is 20.9. The number of hydrogen-bond acceptors (Lipinski definition) is 5. The molecule has 4 heterocycles. The van der Waals surface area contributed by atoms with Crippen molar-refractivity contribution in [3.8, 4) is 11.3 Å². The Hall–Kier alpha value is -2.83. The first-order valence-corrected chi connectivity index (χ1v) is 10.8. The maximum absolute atomic E-state index is 13.7. The van der Waals surface area contributed by atoms with Crippen LogP contribution < -0.4 is 0 Å². The highest BCUT2D eigenvalue weighted by atomic mass is 16.2. The van der Waals surface area contributed by atoms with Gasteiger partial charge >= 0.3 is 0 Å². The van der Waals surface area contributed by atoms with Crippen LogP contribution in [0, 0.1) is 5.41 Å². The summed E-state index contributed by atoms with van der Waals surface area (Å²) in [5.41, 5.74) is 1.87. The van der Waals surface area contributed by atoms with E-state index in [1.807, 2.05) is 17.0 Å². The molecule has 0 spiro atoms. The highest BCUT2D eigenvalue weighted by molar-refractivity contribution is 5.93.